The van der Waals surface area contributed by atoms with E-state index in [-0.39, 0.29) is 29.8 Å². The van der Waals surface area contributed by atoms with E-state index in [1.54, 1.807) is 18.2 Å². The van der Waals surface area contributed by atoms with Crippen molar-refractivity contribution in [2.45, 2.75) is 50.6 Å². The topological polar surface area (TPSA) is 73.5 Å². The fourth-order valence-corrected chi connectivity index (χ4v) is 5.53. The molecular weight excluding hydrogens is 544 g/mol. The lowest BCUT2D eigenvalue weighted by Crippen LogP contribution is -2.51. The fraction of sp³-hybridized carbons (Fsp3) is 0.371. The minimum atomic E-state index is -0.351. The first-order valence-corrected chi connectivity index (χ1v) is 15.4. The van der Waals surface area contributed by atoms with Crippen LogP contribution in [0.4, 0.5) is 0 Å². The smallest absolute Gasteiger partial charge is 0.244 e. The van der Waals surface area contributed by atoms with E-state index in [0.717, 1.165) is 38.0 Å². The minimum Gasteiger partial charge on any atom is -0.354 e. The predicted octanol–water partition coefficient (Wildman–Crippen LogP) is 5.64. The Morgan fingerprint density at radius 1 is 0.857 bits per heavy atom. The van der Waals surface area contributed by atoms with Crippen LogP contribution in [0.3, 0.4) is 0 Å². The van der Waals surface area contributed by atoms with Crippen molar-refractivity contribution in [1.82, 2.24) is 20.9 Å². The maximum atomic E-state index is 13.6. The molecule has 0 aromatic heterocycles. The summed E-state index contributed by atoms with van der Waals surface area (Å²) in [6, 6.07) is 27.5. The van der Waals surface area contributed by atoms with Crippen molar-refractivity contribution in [3.05, 3.63) is 113 Å². The van der Waals surface area contributed by atoms with Gasteiger partial charge in [0.1, 0.15) is 0 Å². The van der Waals surface area contributed by atoms with Crippen LogP contribution in [0.5, 0.6) is 0 Å². The molecule has 222 valence electrons. The Kier molecular flexibility index (Phi) is 12.6. The number of amides is 2. The molecule has 0 spiro atoms. The molecule has 4 rings (SSSR count). The van der Waals surface area contributed by atoms with Gasteiger partial charge in [-0.15, -0.1) is 0 Å². The molecule has 1 fully saturated rings. The van der Waals surface area contributed by atoms with Gasteiger partial charge in [-0.25, -0.2) is 0 Å². The highest BCUT2D eigenvalue weighted by Gasteiger charge is 2.23. The number of hydrogen-bond donors (Lipinski definition) is 3. The Labute approximate surface area is 255 Å². The molecule has 1 heterocycles. The first-order valence-electron chi connectivity index (χ1n) is 15.1. The minimum absolute atomic E-state index is 0.00547. The molecule has 6 nitrogen and oxygen atoms in total. The van der Waals surface area contributed by atoms with Gasteiger partial charge in [-0.2, -0.15) is 0 Å². The summed E-state index contributed by atoms with van der Waals surface area (Å²) in [5.41, 5.74) is 3.25. The number of halogens is 1. The molecule has 3 N–H and O–H groups in total. The maximum absolute atomic E-state index is 13.6. The highest BCUT2D eigenvalue weighted by atomic mass is 35.5. The van der Waals surface area contributed by atoms with Gasteiger partial charge in [-0.05, 0) is 87.1 Å². The Morgan fingerprint density at radius 3 is 2.10 bits per heavy atom. The SMILES string of the molecule is CC(CNC(=O)/C=C/c1ccc(Cl)cc1)N[C@@H](CCCN1CCCC1)C(=O)NCC(c1ccccc1)c1ccccc1. The summed E-state index contributed by atoms with van der Waals surface area (Å²) in [5, 5.41) is 10.4. The average Bonchev–Trinajstić information content (AvgIpc) is 3.54. The zero-order valence-electron chi connectivity index (χ0n) is 24.5. The van der Waals surface area contributed by atoms with Crippen LogP contribution in [-0.4, -0.2) is 61.5 Å². The summed E-state index contributed by atoms with van der Waals surface area (Å²) < 4.78 is 0. The number of rotatable bonds is 15. The van der Waals surface area contributed by atoms with Crippen LogP contribution in [0.1, 0.15) is 55.2 Å². The zero-order valence-corrected chi connectivity index (χ0v) is 25.2. The molecular formula is C35H43ClN4O2. The van der Waals surface area contributed by atoms with E-state index in [1.807, 2.05) is 55.5 Å². The van der Waals surface area contributed by atoms with Crippen LogP contribution < -0.4 is 16.0 Å². The second-order valence-electron chi connectivity index (χ2n) is 11.1. The van der Waals surface area contributed by atoms with E-state index in [9.17, 15) is 9.59 Å². The van der Waals surface area contributed by atoms with E-state index in [2.05, 4.69) is 45.1 Å². The Hall–Kier alpha value is -3.45. The van der Waals surface area contributed by atoms with Crippen LogP contribution in [0.25, 0.3) is 6.08 Å². The highest BCUT2D eigenvalue weighted by Crippen LogP contribution is 2.24. The Bertz CT molecular complexity index is 1220. The van der Waals surface area contributed by atoms with Gasteiger partial charge >= 0.3 is 0 Å². The lowest BCUT2D eigenvalue weighted by Gasteiger charge is -2.25. The molecule has 0 saturated carbocycles. The Morgan fingerprint density at radius 2 is 1.48 bits per heavy atom. The molecule has 1 aliphatic heterocycles. The molecule has 2 atom stereocenters. The third kappa shape index (κ3) is 10.4. The molecule has 2 amide bonds. The summed E-state index contributed by atoms with van der Waals surface area (Å²) in [4.78, 5) is 28.5. The number of carbonyl (C=O) groups is 2. The van der Waals surface area contributed by atoms with Gasteiger partial charge in [-0.3, -0.25) is 9.59 Å². The normalized spacial score (nSPS) is 15.1. The van der Waals surface area contributed by atoms with Gasteiger partial charge in [-0.1, -0.05) is 84.4 Å². The first-order chi connectivity index (χ1) is 20.5. The molecule has 0 radical (unpaired) electrons. The van der Waals surface area contributed by atoms with Gasteiger partial charge in [0.05, 0.1) is 6.04 Å². The summed E-state index contributed by atoms with van der Waals surface area (Å²) >= 11 is 5.94. The summed E-state index contributed by atoms with van der Waals surface area (Å²) in [6.07, 6.45) is 7.46. The van der Waals surface area contributed by atoms with Crippen LogP contribution in [-0.2, 0) is 9.59 Å². The van der Waals surface area contributed by atoms with Gasteiger partial charge in [0, 0.05) is 36.1 Å². The Balaban J connectivity index is 1.34. The van der Waals surface area contributed by atoms with Crippen molar-refractivity contribution < 1.29 is 9.59 Å². The molecule has 7 heteroatoms. The maximum Gasteiger partial charge on any atom is 0.244 e. The number of hydrogen-bond acceptors (Lipinski definition) is 4. The largest absolute Gasteiger partial charge is 0.354 e. The van der Waals surface area contributed by atoms with Crippen LogP contribution in [0.2, 0.25) is 5.02 Å². The van der Waals surface area contributed by atoms with Crippen LogP contribution in [0, 0.1) is 0 Å². The second-order valence-corrected chi connectivity index (χ2v) is 11.5. The molecule has 1 unspecified atom stereocenters. The highest BCUT2D eigenvalue weighted by molar-refractivity contribution is 6.30. The number of nitrogens with zero attached hydrogens (tertiary/aromatic N) is 1. The third-order valence-corrected chi connectivity index (χ3v) is 7.98. The van der Waals surface area contributed by atoms with Crippen molar-refractivity contribution in [2.75, 3.05) is 32.7 Å². The summed E-state index contributed by atoms with van der Waals surface area (Å²) in [5.74, 6) is -0.123. The van der Waals surface area contributed by atoms with E-state index >= 15 is 0 Å². The van der Waals surface area contributed by atoms with Crippen molar-refractivity contribution in [3.8, 4) is 0 Å². The standard InChI is InChI=1S/C35H43ClN4O2/c1-27(25-37-34(41)21-18-28-16-19-31(36)20-17-28)39-33(15-10-24-40-22-8-9-23-40)35(42)38-26-32(29-11-4-2-5-12-29)30-13-6-3-7-14-30/h2-7,11-14,16-21,27,32-33,39H,8-10,15,22-26H2,1H3,(H,37,41)(H,38,42)/b21-18+/t27?,33-/m0/s1. The molecule has 0 bridgehead atoms. The van der Waals surface area contributed by atoms with Crippen LogP contribution in [0.15, 0.2) is 91.0 Å². The van der Waals surface area contributed by atoms with E-state index in [0.29, 0.717) is 18.1 Å². The molecule has 3 aromatic rings. The molecule has 1 saturated heterocycles. The summed E-state index contributed by atoms with van der Waals surface area (Å²) in [7, 11) is 0. The number of carbonyl (C=O) groups excluding carboxylic acids is 2. The number of likely N-dealkylation sites (tertiary alicyclic amines) is 1. The molecule has 1 aliphatic rings. The van der Waals surface area contributed by atoms with Crippen molar-refractivity contribution in [2.24, 2.45) is 0 Å². The van der Waals surface area contributed by atoms with Crippen molar-refractivity contribution in [1.29, 1.82) is 0 Å². The van der Waals surface area contributed by atoms with E-state index < -0.39 is 0 Å². The third-order valence-electron chi connectivity index (χ3n) is 7.73. The lowest BCUT2D eigenvalue weighted by atomic mass is 9.91. The quantitative estimate of drug-likeness (QED) is 0.202. The molecule has 42 heavy (non-hydrogen) atoms. The lowest BCUT2D eigenvalue weighted by molar-refractivity contribution is -0.123. The second kappa shape index (κ2) is 16.9. The van der Waals surface area contributed by atoms with Gasteiger partial charge in [0.15, 0.2) is 0 Å². The van der Waals surface area contributed by atoms with E-state index in [4.69, 9.17) is 11.6 Å². The average molecular weight is 587 g/mol. The zero-order chi connectivity index (χ0) is 29.6. The van der Waals surface area contributed by atoms with Gasteiger partial charge in [0.2, 0.25) is 11.8 Å². The van der Waals surface area contributed by atoms with Crippen molar-refractivity contribution >= 4 is 29.5 Å². The van der Waals surface area contributed by atoms with Gasteiger partial charge < -0.3 is 20.9 Å². The predicted molar refractivity (Wildman–Crippen MR) is 173 cm³/mol. The van der Waals surface area contributed by atoms with Crippen LogP contribution >= 0.6 is 11.6 Å². The molecule has 0 aliphatic carbocycles. The fourth-order valence-electron chi connectivity index (χ4n) is 5.40. The van der Waals surface area contributed by atoms with E-state index in [1.165, 1.54) is 30.0 Å². The monoisotopic (exact) mass is 586 g/mol. The molecule has 3 aromatic carbocycles. The number of nitrogens with one attached hydrogen (secondary N) is 3. The number of benzene rings is 3. The summed E-state index contributed by atoms with van der Waals surface area (Å²) in [6.45, 7) is 6.22. The van der Waals surface area contributed by atoms with Gasteiger partial charge in [0.25, 0.3) is 0 Å². The first kappa shape index (κ1) is 31.5. The van der Waals surface area contributed by atoms with Crippen molar-refractivity contribution in [3.63, 3.8) is 0 Å².